The summed E-state index contributed by atoms with van der Waals surface area (Å²) in [4.78, 5) is 11.4. The zero-order valence-corrected chi connectivity index (χ0v) is 9.84. The molecule has 1 rings (SSSR count). The summed E-state index contributed by atoms with van der Waals surface area (Å²) in [6.45, 7) is 0.0891. The van der Waals surface area contributed by atoms with Gasteiger partial charge in [-0.25, -0.2) is 8.42 Å². The number of rotatable bonds is 4. The average Bonchev–Trinajstić information content (AvgIpc) is 2.16. The summed E-state index contributed by atoms with van der Waals surface area (Å²) in [6.07, 6.45) is 1.04. The highest BCUT2D eigenvalue weighted by Gasteiger charge is 2.14. The zero-order valence-electron chi connectivity index (χ0n) is 9.02. The molecule has 0 atom stereocenters. The van der Waals surface area contributed by atoms with Gasteiger partial charge < -0.3 is 10.4 Å². The molecule has 0 radical (unpaired) electrons. The first-order valence-electron chi connectivity index (χ1n) is 4.57. The maximum atomic E-state index is 11.5. The first-order valence-corrected chi connectivity index (χ1v) is 6.46. The number of phenolic OH excluding ortho intramolecular Hbond substituents is 1. The van der Waals surface area contributed by atoms with Crippen molar-refractivity contribution < 1.29 is 18.3 Å². The van der Waals surface area contributed by atoms with Gasteiger partial charge in [0.25, 0.3) is 0 Å². The summed E-state index contributed by atoms with van der Waals surface area (Å²) in [6, 6.07) is 3.70. The van der Waals surface area contributed by atoms with Crippen LogP contribution < -0.4 is 5.32 Å². The van der Waals surface area contributed by atoms with E-state index < -0.39 is 9.84 Å². The lowest BCUT2D eigenvalue weighted by atomic mass is 10.1. The van der Waals surface area contributed by atoms with Crippen LogP contribution in [0.4, 0.5) is 0 Å². The highest BCUT2D eigenvalue weighted by atomic mass is 32.2. The molecule has 0 heterocycles. The molecular weight excluding hydrogens is 230 g/mol. The number of Topliss-reactive ketones (excluding diaryl/α,β-unsaturated/α-hetero) is 1. The second-order valence-corrected chi connectivity index (χ2v) is 5.42. The molecule has 0 saturated carbocycles. The van der Waals surface area contributed by atoms with Crippen molar-refractivity contribution in [1.82, 2.24) is 5.32 Å². The van der Waals surface area contributed by atoms with Crippen LogP contribution in [0.3, 0.4) is 0 Å². The zero-order chi connectivity index (χ0) is 12.3. The van der Waals surface area contributed by atoms with Gasteiger partial charge in [0, 0.05) is 6.26 Å². The van der Waals surface area contributed by atoms with Crippen LogP contribution in [-0.4, -0.2) is 39.2 Å². The topological polar surface area (TPSA) is 83.5 Å². The quantitative estimate of drug-likeness (QED) is 0.738. The molecule has 1 aromatic rings. The van der Waals surface area contributed by atoms with Crippen molar-refractivity contribution in [3.63, 3.8) is 0 Å². The molecule has 0 saturated heterocycles. The van der Waals surface area contributed by atoms with Gasteiger partial charge in [0.2, 0.25) is 0 Å². The van der Waals surface area contributed by atoms with Crippen LogP contribution in [0.1, 0.15) is 10.4 Å². The Hall–Kier alpha value is -1.40. The maximum Gasteiger partial charge on any atom is 0.180 e. The number of carbonyl (C=O) groups excluding carboxylic acids is 1. The molecule has 0 unspecified atom stereocenters. The van der Waals surface area contributed by atoms with Gasteiger partial charge in [0.1, 0.15) is 5.75 Å². The van der Waals surface area contributed by atoms with E-state index in [4.69, 9.17) is 0 Å². The molecule has 5 nitrogen and oxygen atoms in total. The number of hydrogen-bond acceptors (Lipinski definition) is 5. The summed E-state index contributed by atoms with van der Waals surface area (Å²) in [5.74, 6) is -0.608. The van der Waals surface area contributed by atoms with E-state index in [0.29, 0.717) is 0 Å². The van der Waals surface area contributed by atoms with E-state index in [9.17, 15) is 18.3 Å². The van der Waals surface area contributed by atoms with Crippen LogP contribution in [0.5, 0.6) is 5.75 Å². The Balaban J connectivity index is 3.15. The Kier molecular flexibility index (Phi) is 3.66. The first-order chi connectivity index (χ1) is 7.36. The van der Waals surface area contributed by atoms with Crippen molar-refractivity contribution in [2.24, 2.45) is 0 Å². The van der Waals surface area contributed by atoms with Crippen LogP contribution in [0, 0.1) is 0 Å². The summed E-state index contributed by atoms with van der Waals surface area (Å²) in [5, 5.41) is 12.2. The third-order valence-corrected chi connectivity index (χ3v) is 3.15. The number of carbonyl (C=O) groups is 1. The molecule has 0 fully saturated rings. The number of sulfone groups is 1. The van der Waals surface area contributed by atoms with Crippen molar-refractivity contribution >= 4 is 15.6 Å². The fourth-order valence-corrected chi connectivity index (χ4v) is 1.87. The fourth-order valence-electron chi connectivity index (χ4n) is 1.23. The SMILES string of the molecule is CNCC(=O)c1ccc(S(C)(=O)=O)cc1O. The second kappa shape index (κ2) is 4.63. The molecule has 0 aromatic heterocycles. The van der Waals surface area contributed by atoms with E-state index in [0.717, 1.165) is 12.3 Å². The molecule has 6 heteroatoms. The average molecular weight is 243 g/mol. The van der Waals surface area contributed by atoms with Crippen molar-refractivity contribution in [3.05, 3.63) is 23.8 Å². The number of nitrogens with one attached hydrogen (secondary N) is 1. The third kappa shape index (κ3) is 2.80. The Bertz CT molecular complexity index is 508. The highest BCUT2D eigenvalue weighted by Crippen LogP contribution is 2.21. The molecule has 0 bridgehead atoms. The molecular formula is C10H13NO4S. The van der Waals surface area contributed by atoms with E-state index >= 15 is 0 Å². The van der Waals surface area contributed by atoms with Gasteiger partial charge in [0.15, 0.2) is 15.6 Å². The van der Waals surface area contributed by atoms with Crippen LogP contribution in [0.2, 0.25) is 0 Å². The van der Waals surface area contributed by atoms with E-state index in [1.54, 1.807) is 7.05 Å². The van der Waals surface area contributed by atoms with Crippen LogP contribution in [0.25, 0.3) is 0 Å². The van der Waals surface area contributed by atoms with E-state index in [1.807, 2.05) is 0 Å². The van der Waals surface area contributed by atoms with E-state index in [2.05, 4.69) is 5.32 Å². The van der Waals surface area contributed by atoms with Gasteiger partial charge in [-0.3, -0.25) is 4.79 Å². The van der Waals surface area contributed by atoms with Gasteiger partial charge in [-0.1, -0.05) is 0 Å². The molecule has 2 N–H and O–H groups in total. The minimum absolute atomic E-state index is 0.00833. The lowest BCUT2D eigenvalue weighted by Crippen LogP contribution is -2.18. The molecule has 0 amide bonds. The Morgan fingerprint density at radius 1 is 1.44 bits per heavy atom. The normalized spacial score (nSPS) is 11.4. The Morgan fingerprint density at radius 3 is 2.50 bits per heavy atom. The predicted molar refractivity (Wildman–Crippen MR) is 59.5 cm³/mol. The van der Waals surface area contributed by atoms with Crippen molar-refractivity contribution in [2.45, 2.75) is 4.90 Å². The second-order valence-electron chi connectivity index (χ2n) is 3.40. The van der Waals surface area contributed by atoms with E-state index in [1.165, 1.54) is 12.1 Å². The molecule has 88 valence electrons. The number of hydrogen-bond donors (Lipinski definition) is 2. The van der Waals surface area contributed by atoms with Gasteiger partial charge in [0.05, 0.1) is 17.0 Å². The first kappa shape index (κ1) is 12.7. The van der Waals surface area contributed by atoms with Crippen molar-refractivity contribution in [2.75, 3.05) is 19.8 Å². The number of phenols is 1. The number of ketones is 1. The van der Waals surface area contributed by atoms with Crippen molar-refractivity contribution in [3.8, 4) is 5.75 Å². The molecule has 16 heavy (non-hydrogen) atoms. The van der Waals surface area contributed by atoms with Gasteiger partial charge in [-0.15, -0.1) is 0 Å². The molecule has 0 aliphatic rings. The fraction of sp³-hybridized carbons (Fsp3) is 0.300. The summed E-state index contributed by atoms with van der Waals surface area (Å²) in [7, 11) is -1.76. The Morgan fingerprint density at radius 2 is 2.06 bits per heavy atom. The molecule has 0 aliphatic carbocycles. The lowest BCUT2D eigenvalue weighted by Gasteiger charge is -2.05. The van der Waals surface area contributed by atoms with Crippen LogP contribution in [-0.2, 0) is 9.84 Å². The minimum atomic E-state index is -3.37. The summed E-state index contributed by atoms with van der Waals surface area (Å²) in [5.41, 5.74) is 0.113. The number of benzene rings is 1. The predicted octanol–water partition coefficient (Wildman–Crippen LogP) is 0.198. The maximum absolute atomic E-state index is 11.5. The number of aromatic hydroxyl groups is 1. The van der Waals surface area contributed by atoms with Gasteiger partial charge >= 0.3 is 0 Å². The van der Waals surface area contributed by atoms with Crippen molar-refractivity contribution in [1.29, 1.82) is 0 Å². The molecule has 0 spiro atoms. The summed E-state index contributed by atoms with van der Waals surface area (Å²) >= 11 is 0. The monoisotopic (exact) mass is 243 g/mol. The standard InChI is InChI=1S/C10H13NO4S/c1-11-6-10(13)8-4-3-7(5-9(8)12)16(2,14)15/h3-5,11-12H,6H2,1-2H3. The van der Waals surface area contributed by atoms with Crippen LogP contribution in [0.15, 0.2) is 23.1 Å². The van der Waals surface area contributed by atoms with Gasteiger partial charge in [-0.05, 0) is 25.2 Å². The van der Waals surface area contributed by atoms with Crippen LogP contribution >= 0.6 is 0 Å². The largest absolute Gasteiger partial charge is 0.507 e. The third-order valence-electron chi connectivity index (χ3n) is 2.04. The van der Waals surface area contributed by atoms with Gasteiger partial charge in [-0.2, -0.15) is 0 Å². The highest BCUT2D eigenvalue weighted by molar-refractivity contribution is 7.90. The summed E-state index contributed by atoms with van der Waals surface area (Å²) < 4.78 is 22.4. The lowest BCUT2D eigenvalue weighted by molar-refractivity contribution is 0.0991. The minimum Gasteiger partial charge on any atom is -0.507 e. The molecule has 0 aliphatic heterocycles. The smallest absolute Gasteiger partial charge is 0.180 e. The van der Waals surface area contributed by atoms with E-state index in [-0.39, 0.29) is 28.5 Å². The Labute approximate surface area is 94.0 Å². The number of likely N-dealkylation sites (N-methyl/N-ethyl adjacent to an activating group) is 1. The molecule has 1 aromatic carbocycles.